The molecule has 1 aliphatic rings. The maximum absolute atomic E-state index is 3.70. The Kier molecular flexibility index (Phi) is 1.58. The van der Waals surface area contributed by atoms with Crippen molar-refractivity contribution in [2.75, 3.05) is 0 Å². The summed E-state index contributed by atoms with van der Waals surface area (Å²) in [6, 6.07) is 0. The van der Waals surface area contributed by atoms with Crippen LogP contribution < -0.4 is 0 Å². The Hall–Kier alpha value is 0.697. The standard InChI is InChI=1S/C5H11BrSi/c6-5(7)3-1-2-4-5/h1-4H2,7H3. The zero-order chi connectivity index (χ0) is 5.33. The molecule has 1 saturated carbocycles. The lowest BCUT2D eigenvalue weighted by Crippen LogP contribution is -2.13. The Labute approximate surface area is 56.2 Å². The van der Waals surface area contributed by atoms with Crippen molar-refractivity contribution in [1.82, 2.24) is 0 Å². The summed E-state index contributed by atoms with van der Waals surface area (Å²) in [5.74, 6) is 0. The summed E-state index contributed by atoms with van der Waals surface area (Å²) in [5, 5.41) is 0. The van der Waals surface area contributed by atoms with Crippen LogP contribution >= 0.6 is 15.9 Å². The van der Waals surface area contributed by atoms with E-state index in [4.69, 9.17) is 0 Å². The van der Waals surface area contributed by atoms with E-state index in [9.17, 15) is 0 Å². The van der Waals surface area contributed by atoms with Crippen molar-refractivity contribution in [1.29, 1.82) is 0 Å². The van der Waals surface area contributed by atoms with Gasteiger partial charge in [-0.05, 0) is 12.8 Å². The minimum atomic E-state index is 0.646. The van der Waals surface area contributed by atoms with E-state index in [0.717, 1.165) is 0 Å². The molecule has 0 heterocycles. The fraction of sp³-hybridized carbons (Fsp3) is 1.00. The van der Waals surface area contributed by atoms with Gasteiger partial charge in [-0.25, -0.2) is 0 Å². The predicted octanol–water partition coefficient (Wildman–Crippen LogP) is 1.02. The summed E-state index contributed by atoms with van der Waals surface area (Å²) in [6.45, 7) is 0. The van der Waals surface area contributed by atoms with Gasteiger partial charge >= 0.3 is 0 Å². The third-order valence-corrected chi connectivity index (χ3v) is 3.44. The van der Waals surface area contributed by atoms with Gasteiger partial charge in [0.25, 0.3) is 0 Å². The van der Waals surface area contributed by atoms with Crippen molar-refractivity contribution in [3.8, 4) is 0 Å². The minimum Gasteiger partial charge on any atom is -0.0900 e. The van der Waals surface area contributed by atoms with E-state index in [2.05, 4.69) is 15.9 Å². The summed E-state index contributed by atoms with van der Waals surface area (Å²) >= 11 is 3.70. The van der Waals surface area contributed by atoms with Crippen molar-refractivity contribution < 1.29 is 0 Å². The normalized spacial score (nSPS) is 28.7. The van der Waals surface area contributed by atoms with Gasteiger partial charge in [0, 0.05) is 14.2 Å². The number of alkyl halides is 1. The Morgan fingerprint density at radius 1 is 1.29 bits per heavy atom. The van der Waals surface area contributed by atoms with Crippen LogP contribution in [0.5, 0.6) is 0 Å². The molecule has 0 unspecified atom stereocenters. The Morgan fingerprint density at radius 3 is 1.86 bits per heavy atom. The highest BCUT2D eigenvalue weighted by atomic mass is 79.9. The second kappa shape index (κ2) is 1.90. The lowest BCUT2D eigenvalue weighted by molar-refractivity contribution is 0.845. The molecule has 1 rings (SSSR count). The van der Waals surface area contributed by atoms with E-state index in [1.165, 1.54) is 35.9 Å². The lowest BCUT2D eigenvalue weighted by Gasteiger charge is -2.11. The highest BCUT2D eigenvalue weighted by Crippen LogP contribution is 2.33. The van der Waals surface area contributed by atoms with E-state index in [1.54, 1.807) is 0 Å². The van der Waals surface area contributed by atoms with E-state index < -0.39 is 0 Å². The Morgan fingerprint density at radius 2 is 1.71 bits per heavy atom. The van der Waals surface area contributed by atoms with Gasteiger partial charge in [-0.1, -0.05) is 28.8 Å². The molecule has 0 radical (unpaired) electrons. The van der Waals surface area contributed by atoms with Crippen molar-refractivity contribution in [3.63, 3.8) is 0 Å². The van der Waals surface area contributed by atoms with E-state index in [0.29, 0.717) is 3.95 Å². The zero-order valence-corrected chi connectivity index (χ0v) is 8.29. The second-order valence-electron chi connectivity index (χ2n) is 2.62. The van der Waals surface area contributed by atoms with Crippen LogP contribution in [0.2, 0.25) is 0 Å². The molecular weight excluding hydrogens is 168 g/mol. The molecular formula is C5H11BrSi. The number of rotatable bonds is 0. The smallest absolute Gasteiger partial charge is 0.0240 e. The molecule has 0 N–H and O–H groups in total. The molecule has 1 fully saturated rings. The van der Waals surface area contributed by atoms with Gasteiger partial charge in [-0.3, -0.25) is 0 Å². The van der Waals surface area contributed by atoms with Gasteiger partial charge < -0.3 is 0 Å². The summed E-state index contributed by atoms with van der Waals surface area (Å²) in [5.41, 5.74) is 0. The van der Waals surface area contributed by atoms with Crippen LogP contribution in [-0.4, -0.2) is 14.2 Å². The molecule has 0 aromatic rings. The van der Waals surface area contributed by atoms with Crippen molar-refractivity contribution >= 4 is 26.2 Å². The topological polar surface area (TPSA) is 0 Å². The molecule has 2 heteroatoms. The van der Waals surface area contributed by atoms with Crippen LogP contribution in [0.15, 0.2) is 0 Å². The molecule has 0 aromatic heterocycles. The van der Waals surface area contributed by atoms with Crippen LogP contribution in [-0.2, 0) is 0 Å². The van der Waals surface area contributed by atoms with Crippen LogP contribution in [0.4, 0.5) is 0 Å². The SMILES string of the molecule is [SiH3]C1(Br)CCCC1. The minimum absolute atomic E-state index is 0.646. The average Bonchev–Trinajstić information content (AvgIpc) is 1.84. The van der Waals surface area contributed by atoms with Crippen molar-refractivity contribution in [2.45, 2.75) is 29.6 Å². The van der Waals surface area contributed by atoms with Gasteiger partial charge in [0.15, 0.2) is 0 Å². The first-order valence-electron chi connectivity index (χ1n) is 2.90. The van der Waals surface area contributed by atoms with E-state index in [-0.39, 0.29) is 0 Å². The van der Waals surface area contributed by atoms with Crippen LogP contribution in [0, 0.1) is 0 Å². The van der Waals surface area contributed by atoms with E-state index >= 15 is 0 Å². The summed E-state index contributed by atoms with van der Waals surface area (Å²) < 4.78 is 0.646. The monoisotopic (exact) mass is 178 g/mol. The molecule has 0 aliphatic heterocycles. The van der Waals surface area contributed by atoms with Gasteiger partial charge in [0.1, 0.15) is 0 Å². The zero-order valence-electron chi connectivity index (χ0n) is 4.71. The highest BCUT2D eigenvalue weighted by molar-refractivity contribution is 9.10. The van der Waals surface area contributed by atoms with Gasteiger partial charge in [-0.15, -0.1) is 0 Å². The number of hydrogen-bond acceptors (Lipinski definition) is 0. The summed E-state index contributed by atoms with van der Waals surface area (Å²) in [7, 11) is 1.33. The average molecular weight is 179 g/mol. The van der Waals surface area contributed by atoms with Crippen LogP contribution in [0.3, 0.4) is 0 Å². The first kappa shape index (κ1) is 5.83. The molecule has 7 heavy (non-hydrogen) atoms. The highest BCUT2D eigenvalue weighted by Gasteiger charge is 2.23. The lowest BCUT2D eigenvalue weighted by atomic mass is 10.4. The molecule has 0 aromatic carbocycles. The third kappa shape index (κ3) is 1.57. The maximum Gasteiger partial charge on any atom is 0.0240 e. The fourth-order valence-electron chi connectivity index (χ4n) is 1.11. The molecule has 0 saturated heterocycles. The number of halogens is 1. The van der Waals surface area contributed by atoms with Crippen LogP contribution in [0.25, 0.3) is 0 Å². The molecule has 0 amide bonds. The maximum atomic E-state index is 3.70. The van der Waals surface area contributed by atoms with Gasteiger partial charge in [-0.2, -0.15) is 0 Å². The predicted molar refractivity (Wildman–Crippen MR) is 40.1 cm³/mol. The molecule has 0 bridgehead atoms. The first-order chi connectivity index (χ1) is 3.21. The van der Waals surface area contributed by atoms with Gasteiger partial charge in [0.05, 0.1) is 0 Å². The second-order valence-corrected chi connectivity index (χ2v) is 7.91. The Bertz CT molecular complexity index is 62.5. The largest absolute Gasteiger partial charge is 0.0900 e. The third-order valence-electron chi connectivity index (χ3n) is 1.65. The molecule has 42 valence electrons. The van der Waals surface area contributed by atoms with Crippen molar-refractivity contribution in [2.24, 2.45) is 0 Å². The van der Waals surface area contributed by atoms with Crippen LogP contribution in [0.1, 0.15) is 25.7 Å². The van der Waals surface area contributed by atoms with Crippen molar-refractivity contribution in [3.05, 3.63) is 0 Å². The summed E-state index contributed by atoms with van der Waals surface area (Å²) in [4.78, 5) is 0. The quantitative estimate of drug-likeness (QED) is 0.384. The van der Waals surface area contributed by atoms with Gasteiger partial charge in [0.2, 0.25) is 0 Å². The molecule has 0 nitrogen and oxygen atoms in total. The fourth-order valence-corrected chi connectivity index (χ4v) is 2.38. The summed E-state index contributed by atoms with van der Waals surface area (Å²) in [6.07, 6.45) is 5.77. The number of hydrogen-bond donors (Lipinski definition) is 0. The molecule has 0 spiro atoms. The molecule has 0 atom stereocenters. The van der Waals surface area contributed by atoms with E-state index in [1.807, 2.05) is 0 Å². The Balaban J connectivity index is 2.40. The first-order valence-corrected chi connectivity index (χ1v) is 4.69. The molecule has 1 aliphatic carbocycles.